The summed E-state index contributed by atoms with van der Waals surface area (Å²) in [7, 11) is 1.69. The van der Waals surface area contributed by atoms with E-state index in [1.807, 2.05) is 12.1 Å². The lowest BCUT2D eigenvalue weighted by atomic mass is 9.75. The van der Waals surface area contributed by atoms with Gasteiger partial charge in [0.05, 0.1) is 7.11 Å². The number of aliphatic hydroxyl groups excluding tert-OH is 1. The number of benzene rings is 1. The first kappa shape index (κ1) is 15.3. The smallest absolute Gasteiger partial charge is 0.119 e. The third-order valence-corrected chi connectivity index (χ3v) is 3.71. The highest BCUT2D eigenvalue weighted by atomic mass is 35.5. The van der Waals surface area contributed by atoms with E-state index in [-0.39, 0.29) is 24.4 Å². The van der Waals surface area contributed by atoms with Gasteiger partial charge in [0.1, 0.15) is 5.75 Å². The maximum Gasteiger partial charge on any atom is 0.119 e. The van der Waals surface area contributed by atoms with Crippen LogP contribution in [0.3, 0.4) is 0 Å². The van der Waals surface area contributed by atoms with Crippen molar-refractivity contribution in [1.29, 1.82) is 0 Å². The van der Waals surface area contributed by atoms with Gasteiger partial charge < -0.3 is 15.2 Å². The zero-order valence-corrected chi connectivity index (χ0v) is 11.6. The predicted octanol–water partition coefficient (Wildman–Crippen LogP) is 2.02. The highest BCUT2D eigenvalue weighted by Crippen LogP contribution is 2.33. The first-order chi connectivity index (χ1) is 8.28. The fraction of sp³-hybridized carbons (Fsp3) is 0.571. The van der Waals surface area contributed by atoms with Crippen molar-refractivity contribution < 1.29 is 9.84 Å². The van der Waals surface area contributed by atoms with Crippen LogP contribution in [-0.4, -0.2) is 31.9 Å². The molecule has 0 unspecified atom stereocenters. The maximum atomic E-state index is 9.67. The second-order valence-corrected chi connectivity index (χ2v) is 4.94. The van der Waals surface area contributed by atoms with Crippen molar-refractivity contribution in [3.63, 3.8) is 0 Å². The van der Waals surface area contributed by atoms with Crippen LogP contribution in [-0.2, 0) is 6.42 Å². The van der Waals surface area contributed by atoms with Gasteiger partial charge in [0.25, 0.3) is 0 Å². The number of piperidine rings is 1. The number of hydrogen-bond acceptors (Lipinski definition) is 3. The molecule has 102 valence electrons. The number of ether oxygens (including phenoxy) is 1. The van der Waals surface area contributed by atoms with Crippen molar-refractivity contribution in [3.8, 4) is 5.75 Å². The van der Waals surface area contributed by atoms with Crippen LogP contribution in [0.15, 0.2) is 24.3 Å². The summed E-state index contributed by atoms with van der Waals surface area (Å²) in [4.78, 5) is 0. The Kier molecular flexibility index (Phi) is 5.93. The van der Waals surface area contributed by atoms with E-state index in [9.17, 15) is 5.11 Å². The summed E-state index contributed by atoms with van der Waals surface area (Å²) in [5.41, 5.74) is 1.30. The van der Waals surface area contributed by atoms with Gasteiger partial charge in [-0.2, -0.15) is 0 Å². The van der Waals surface area contributed by atoms with Crippen LogP contribution in [0.1, 0.15) is 18.4 Å². The molecule has 0 amide bonds. The molecule has 2 rings (SSSR count). The summed E-state index contributed by atoms with van der Waals surface area (Å²) in [6, 6.07) is 8.15. The Morgan fingerprint density at radius 2 is 2.06 bits per heavy atom. The number of hydrogen-bond donors (Lipinski definition) is 2. The molecule has 0 saturated carbocycles. The van der Waals surface area contributed by atoms with Crippen molar-refractivity contribution in [1.82, 2.24) is 5.32 Å². The van der Waals surface area contributed by atoms with Crippen molar-refractivity contribution in [2.45, 2.75) is 19.3 Å². The molecule has 0 spiro atoms. The van der Waals surface area contributed by atoms with Gasteiger partial charge in [-0.05, 0) is 55.5 Å². The number of nitrogens with one attached hydrogen (secondary N) is 1. The number of methoxy groups -OCH3 is 1. The summed E-state index contributed by atoms with van der Waals surface area (Å²) in [5, 5.41) is 13.0. The lowest BCUT2D eigenvalue weighted by Crippen LogP contribution is -2.40. The Morgan fingerprint density at radius 1 is 1.33 bits per heavy atom. The molecule has 0 radical (unpaired) electrons. The van der Waals surface area contributed by atoms with Crippen LogP contribution in [0.25, 0.3) is 0 Å². The van der Waals surface area contributed by atoms with Crippen LogP contribution in [0.2, 0.25) is 0 Å². The molecule has 1 saturated heterocycles. The lowest BCUT2D eigenvalue weighted by Gasteiger charge is -2.36. The van der Waals surface area contributed by atoms with Crippen LogP contribution in [0, 0.1) is 5.41 Å². The standard InChI is InChI=1S/C14H21NO2.ClH/c1-17-13-4-2-3-12(9-13)10-14(11-16)5-7-15-8-6-14;/h2-4,9,15-16H,5-8,10-11H2,1H3;1H. The molecule has 1 aliphatic rings. The van der Waals surface area contributed by atoms with Gasteiger partial charge in [0.15, 0.2) is 0 Å². The molecule has 1 aliphatic heterocycles. The Balaban J connectivity index is 0.00000162. The molecule has 4 heteroatoms. The highest BCUT2D eigenvalue weighted by Gasteiger charge is 2.31. The summed E-state index contributed by atoms with van der Waals surface area (Å²) >= 11 is 0. The molecule has 0 aliphatic carbocycles. The van der Waals surface area contributed by atoms with Crippen LogP contribution < -0.4 is 10.1 Å². The fourth-order valence-electron chi connectivity index (χ4n) is 2.56. The van der Waals surface area contributed by atoms with E-state index in [1.165, 1.54) is 5.56 Å². The monoisotopic (exact) mass is 271 g/mol. The molecule has 1 aromatic rings. The van der Waals surface area contributed by atoms with Gasteiger partial charge in [-0.1, -0.05) is 12.1 Å². The highest BCUT2D eigenvalue weighted by molar-refractivity contribution is 5.85. The zero-order chi connectivity index (χ0) is 12.1. The molecule has 18 heavy (non-hydrogen) atoms. The summed E-state index contributed by atoms with van der Waals surface area (Å²) in [6.45, 7) is 2.28. The Hall–Kier alpha value is -0.770. The number of rotatable bonds is 4. The first-order valence-corrected chi connectivity index (χ1v) is 6.22. The predicted molar refractivity (Wildman–Crippen MR) is 75.6 cm³/mol. The SMILES string of the molecule is COc1cccc(CC2(CO)CCNCC2)c1.Cl. The average molecular weight is 272 g/mol. The molecule has 2 N–H and O–H groups in total. The van der Waals surface area contributed by atoms with E-state index in [4.69, 9.17) is 4.74 Å². The van der Waals surface area contributed by atoms with Gasteiger partial charge in [-0.3, -0.25) is 0 Å². The quantitative estimate of drug-likeness (QED) is 0.880. The molecule has 1 heterocycles. The summed E-state index contributed by atoms with van der Waals surface area (Å²) in [6.07, 6.45) is 3.02. The second kappa shape index (κ2) is 6.98. The topological polar surface area (TPSA) is 41.5 Å². The van der Waals surface area contributed by atoms with E-state index < -0.39 is 0 Å². The molecular formula is C14H22ClNO2. The van der Waals surface area contributed by atoms with Crippen LogP contribution in [0.4, 0.5) is 0 Å². The van der Waals surface area contributed by atoms with E-state index in [0.717, 1.165) is 38.1 Å². The minimum atomic E-state index is 0. The van der Waals surface area contributed by atoms with Gasteiger partial charge >= 0.3 is 0 Å². The van der Waals surface area contributed by atoms with Gasteiger partial charge in [-0.15, -0.1) is 12.4 Å². The molecule has 0 atom stereocenters. The van der Waals surface area contributed by atoms with Crippen molar-refractivity contribution in [2.75, 3.05) is 26.8 Å². The third-order valence-electron chi connectivity index (χ3n) is 3.71. The van der Waals surface area contributed by atoms with Crippen LogP contribution >= 0.6 is 12.4 Å². The number of aliphatic hydroxyl groups is 1. The Labute approximate surface area is 115 Å². The number of halogens is 1. The van der Waals surface area contributed by atoms with E-state index in [1.54, 1.807) is 7.11 Å². The van der Waals surface area contributed by atoms with E-state index >= 15 is 0 Å². The molecule has 0 bridgehead atoms. The third kappa shape index (κ3) is 3.61. The summed E-state index contributed by atoms with van der Waals surface area (Å²) < 4.78 is 5.24. The Bertz CT molecular complexity index is 365. The largest absolute Gasteiger partial charge is 0.497 e. The van der Waals surface area contributed by atoms with Crippen molar-refractivity contribution >= 4 is 12.4 Å². The average Bonchev–Trinajstić information content (AvgIpc) is 2.40. The second-order valence-electron chi connectivity index (χ2n) is 4.94. The van der Waals surface area contributed by atoms with Crippen molar-refractivity contribution in [3.05, 3.63) is 29.8 Å². The minimum absolute atomic E-state index is 0. The van der Waals surface area contributed by atoms with E-state index in [0.29, 0.717) is 0 Å². The fourth-order valence-corrected chi connectivity index (χ4v) is 2.56. The molecular weight excluding hydrogens is 250 g/mol. The van der Waals surface area contributed by atoms with Gasteiger partial charge in [-0.25, -0.2) is 0 Å². The minimum Gasteiger partial charge on any atom is -0.497 e. The van der Waals surface area contributed by atoms with Crippen LogP contribution in [0.5, 0.6) is 5.75 Å². The zero-order valence-electron chi connectivity index (χ0n) is 10.8. The van der Waals surface area contributed by atoms with E-state index in [2.05, 4.69) is 17.4 Å². The molecule has 0 aromatic heterocycles. The first-order valence-electron chi connectivity index (χ1n) is 6.22. The van der Waals surface area contributed by atoms with Crippen molar-refractivity contribution in [2.24, 2.45) is 5.41 Å². The lowest BCUT2D eigenvalue weighted by molar-refractivity contribution is 0.0892. The Morgan fingerprint density at radius 3 is 2.67 bits per heavy atom. The molecule has 1 aromatic carbocycles. The molecule has 3 nitrogen and oxygen atoms in total. The normalized spacial score (nSPS) is 17.9. The van der Waals surface area contributed by atoms with Gasteiger partial charge in [0.2, 0.25) is 0 Å². The molecule has 1 fully saturated rings. The summed E-state index contributed by atoms with van der Waals surface area (Å²) in [5.74, 6) is 0.893. The van der Waals surface area contributed by atoms with Gasteiger partial charge in [0, 0.05) is 6.61 Å². The maximum absolute atomic E-state index is 9.67.